The van der Waals surface area contributed by atoms with Crippen molar-refractivity contribution in [1.82, 2.24) is 0 Å². The molecule has 1 aliphatic rings. The van der Waals surface area contributed by atoms with Crippen molar-refractivity contribution >= 4 is 17.8 Å². The molecule has 104 valence electrons. The third-order valence-electron chi connectivity index (χ3n) is 3.00. The molecule has 0 N–H and O–H groups in total. The summed E-state index contributed by atoms with van der Waals surface area (Å²) in [7, 11) is 0. The Kier molecular flexibility index (Phi) is 3.78. The van der Waals surface area contributed by atoms with Crippen LogP contribution in [0.4, 0.5) is 0 Å². The number of para-hydroxylation sites is 1. The first kappa shape index (κ1) is 13.1. The molecule has 4 nitrogen and oxygen atoms in total. The van der Waals surface area contributed by atoms with Gasteiger partial charge in [-0.15, -0.1) is 0 Å². The maximum atomic E-state index is 11.7. The average Bonchev–Trinajstić information content (AvgIpc) is 2.88. The van der Waals surface area contributed by atoms with E-state index in [0.717, 1.165) is 11.3 Å². The van der Waals surface area contributed by atoms with Gasteiger partial charge >= 0.3 is 5.97 Å². The SMILES string of the molecule is O=C1ON=C(COc2ccccc2)/C1=C/c1ccccc1. The van der Waals surface area contributed by atoms with E-state index in [-0.39, 0.29) is 6.61 Å². The third kappa shape index (κ3) is 3.17. The normalized spacial score (nSPS) is 15.7. The predicted octanol–water partition coefficient (Wildman–Crippen LogP) is 3.06. The highest BCUT2D eigenvalue weighted by molar-refractivity contribution is 6.25. The van der Waals surface area contributed by atoms with E-state index in [1.165, 1.54) is 0 Å². The number of carbonyl (C=O) groups is 1. The van der Waals surface area contributed by atoms with E-state index >= 15 is 0 Å². The second-order valence-electron chi connectivity index (χ2n) is 4.49. The van der Waals surface area contributed by atoms with Gasteiger partial charge in [0.15, 0.2) is 0 Å². The lowest BCUT2D eigenvalue weighted by atomic mass is 10.1. The van der Waals surface area contributed by atoms with E-state index in [1.54, 1.807) is 6.08 Å². The maximum absolute atomic E-state index is 11.7. The molecule has 0 aromatic heterocycles. The van der Waals surface area contributed by atoms with E-state index in [4.69, 9.17) is 9.57 Å². The zero-order chi connectivity index (χ0) is 14.5. The largest absolute Gasteiger partial charge is 0.487 e. The van der Waals surface area contributed by atoms with Crippen molar-refractivity contribution < 1.29 is 14.4 Å². The van der Waals surface area contributed by atoms with Crippen LogP contribution in [0.2, 0.25) is 0 Å². The van der Waals surface area contributed by atoms with Gasteiger partial charge in [0.1, 0.15) is 18.1 Å². The molecular weight excluding hydrogens is 266 g/mol. The smallest absolute Gasteiger partial charge is 0.367 e. The van der Waals surface area contributed by atoms with Gasteiger partial charge < -0.3 is 9.57 Å². The Morgan fingerprint density at radius 1 is 1.00 bits per heavy atom. The minimum Gasteiger partial charge on any atom is -0.487 e. The van der Waals surface area contributed by atoms with Crippen molar-refractivity contribution in [3.8, 4) is 5.75 Å². The van der Waals surface area contributed by atoms with Crippen molar-refractivity contribution in [3.63, 3.8) is 0 Å². The van der Waals surface area contributed by atoms with Crippen LogP contribution in [0.5, 0.6) is 5.75 Å². The molecule has 0 amide bonds. The topological polar surface area (TPSA) is 47.9 Å². The summed E-state index contributed by atoms with van der Waals surface area (Å²) in [5.41, 5.74) is 1.84. The molecule has 0 fully saturated rings. The lowest BCUT2D eigenvalue weighted by Crippen LogP contribution is -2.14. The summed E-state index contributed by atoms with van der Waals surface area (Å²) in [4.78, 5) is 16.5. The summed E-state index contributed by atoms with van der Waals surface area (Å²) < 4.78 is 5.60. The molecule has 1 aliphatic heterocycles. The monoisotopic (exact) mass is 279 g/mol. The minimum atomic E-state index is -0.453. The summed E-state index contributed by atoms with van der Waals surface area (Å²) in [6.45, 7) is 0.189. The Balaban J connectivity index is 1.75. The Labute approximate surface area is 122 Å². The van der Waals surface area contributed by atoms with Crippen molar-refractivity contribution in [3.05, 3.63) is 71.8 Å². The lowest BCUT2D eigenvalue weighted by molar-refractivity contribution is -0.136. The van der Waals surface area contributed by atoms with Crippen LogP contribution < -0.4 is 4.74 Å². The number of ether oxygens (including phenoxy) is 1. The highest BCUT2D eigenvalue weighted by atomic mass is 16.7. The fourth-order valence-corrected chi connectivity index (χ4v) is 1.94. The fourth-order valence-electron chi connectivity index (χ4n) is 1.94. The summed E-state index contributed by atoms with van der Waals surface area (Å²) >= 11 is 0. The molecule has 0 saturated carbocycles. The molecule has 0 radical (unpaired) electrons. The van der Waals surface area contributed by atoms with Crippen molar-refractivity contribution in [2.75, 3.05) is 6.61 Å². The number of benzene rings is 2. The van der Waals surface area contributed by atoms with Gasteiger partial charge in [-0.25, -0.2) is 4.79 Å². The summed E-state index contributed by atoms with van der Waals surface area (Å²) in [5.74, 6) is 0.268. The van der Waals surface area contributed by atoms with E-state index in [0.29, 0.717) is 11.3 Å². The van der Waals surface area contributed by atoms with Gasteiger partial charge in [0, 0.05) is 0 Å². The van der Waals surface area contributed by atoms with Gasteiger partial charge in [0.05, 0.1) is 5.57 Å². The number of carbonyl (C=O) groups excluding carboxylic acids is 1. The first-order valence-corrected chi connectivity index (χ1v) is 6.56. The van der Waals surface area contributed by atoms with E-state index in [9.17, 15) is 4.79 Å². The molecule has 0 bridgehead atoms. The van der Waals surface area contributed by atoms with Gasteiger partial charge in [-0.2, -0.15) is 0 Å². The Morgan fingerprint density at radius 2 is 1.67 bits per heavy atom. The molecule has 3 rings (SSSR count). The van der Waals surface area contributed by atoms with E-state index in [2.05, 4.69) is 5.16 Å². The molecule has 0 saturated heterocycles. The van der Waals surface area contributed by atoms with Gasteiger partial charge in [0.25, 0.3) is 0 Å². The Morgan fingerprint density at radius 3 is 2.38 bits per heavy atom. The van der Waals surface area contributed by atoms with Gasteiger partial charge in [0.2, 0.25) is 0 Å². The molecule has 0 aliphatic carbocycles. The maximum Gasteiger partial charge on any atom is 0.367 e. The molecule has 2 aromatic carbocycles. The third-order valence-corrected chi connectivity index (χ3v) is 3.00. The van der Waals surface area contributed by atoms with Crippen LogP contribution in [0.15, 0.2) is 71.4 Å². The number of rotatable bonds is 4. The van der Waals surface area contributed by atoms with Crippen LogP contribution in [0, 0.1) is 0 Å². The molecule has 4 heteroatoms. The Bertz CT molecular complexity index is 690. The fraction of sp³-hybridized carbons (Fsp3) is 0.0588. The number of nitrogens with zero attached hydrogens (tertiary/aromatic N) is 1. The first-order chi connectivity index (χ1) is 10.3. The van der Waals surface area contributed by atoms with Crippen molar-refractivity contribution in [2.24, 2.45) is 5.16 Å². The molecule has 0 atom stereocenters. The molecule has 0 unspecified atom stereocenters. The highest BCUT2D eigenvalue weighted by Crippen LogP contribution is 2.17. The molecule has 21 heavy (non-hydrogen) atoms. The quantitative estimate of drug-likeness (QED) is 0.638. The van der Waals surface area contributed by atoms with Crippen LogP contribution in [-0.2, 0) is 9.63 Å². The highest BCUT2D eigenvalue weighted by Gasteiger charge is 2.25. The Hall–Kier alpha value is -2.88. The number of hydrogen-bond acceptors (Lipinski definition) is 4. The molecule has 0 spiro atoms. The summed E-state index contributed by atoms with van der Waals surface area (Å²) in [6.07, 6.45) is 1.75. The van der Waals surface area contributed by atoms with Crippen LogP contribution in [0.25, 0.3) is 6.08 Å². The van der Waals surface area contributed by atoms with Crippen LogP contribution in [0.1, 0.15) is 5.56 Å². The molecule has 2 aromatic rings. The molecular formula is C17H13NO3. The second-order valence-corrected chi connectivity index (χ2v) is 4.49. The number of hydrogen-bond donors (Lipinski definition) is 0. The van der Waals surface area contributed by atoms with Gasteiger partial charge in [-0.1, -0.05) is 53.7 Å². The zero-order valence-corrected chi connectivity index (χ0v) is 11.2. The number of oxime groups is 1. The van der Waals surface area contributed by atoms with Crippen molar-refractivity contribution in [1.29, 1.82) is 0 Å². The summed E-state index contributed by atoms with van der Waals surface area (Å²) in [6, 6.07) is 18.9. The minimum absolute atomic E-state index is 0.189. The van der Waals surface area contributed by atoms with Gasteiger partial charge in [-0.05, 0) is 23.8 Å². The summed E-state index contributed by atoms with van der Waals surface area (Å²) in [5, 5.41) is 3.78. The van der Waals surface area contributed by atoms with E-state index < -0.39 is 5.97 Å². The predicted molar refractivity (Wildman–Crippen MR) is 79.9 cm³/mol. The standard InChI is InChI=1S/C17H13NO3/c19-17-15(11-13-7-3-1-4-8-13)16(18-21-17)12-20-14-9-5-2-6-10-14/h1-11H,12H2/b15-11-. The van der Waals surface area contributed by atoms with E-state index in [1.807, 2.05) is 60.7 Å². The van der Waals surface area contributed by atoms with Crippen LogP contribution in [0.3, 0.4) is 0 Å². The first-order valence-electron chi connectivity index (χ1n) is 6.56. The van der Waals surface area contributed by atoms with Gasteiger partial charge in [-0.3, -0.25) is 0 Å². The van der Waals surface area contributed by atoms with Crippen LogP contribution >= 0.6 is 0 Å². The lowest BCUT2D eigenvalue weighted by Gasteiger charge is -2.05. The zero-order valence-electron chi connectivity index (χ0n) is 11.2. The van der Waals surface area contributed by atoms with Crippen molar-refractivity contribution in [2.45, 2.75) is 0 Å². The second kappa shape index (κ2) is 6.05. The average molecular weight is 279 g/mol. The van der Waals surface area contributed by atoms with Crippen LogP contribution in [-0.4, -0.2) is 18.3 Å². The molecule has 1 heterocycles.